The van der Waals surface area contributed by atoms with Gasteiger partial charge >= 0.3 is 0 Å². The monoisotopic (exact) mass is 295 g/mol. The Morgan fingerprint density at radius 1 is 0.955 bits per heavy atom. The van der Waals surface area contributed by atoms with Gasteiger partial charge in [-0.3, -0.25) is 4.79 Å². The molecule has 0 fully saturated rings. The van der Waals surface area contributed by atoms with Gasteiger partial charge in [0.15, 0.2) is 0 Å². The molecule has 1 amide bonds. The Bertz CT molecular complexity index is 577. The second-order valence-electron chi connectivity index (χ2n) is 5.92. The van der Waals surface area contributed by atoms with Crippen LogP contribution in [0.3, 0.4) is 0 Å². The summed E-state index contributed by atoms with van der Waals surface area (Å²) in [5.41, 5.74) is 2.28. The number of rotatable bonds is 6. The second kappa shape index (κ2) is 7.79. The van der Waals surface area contributed by atoms with Crippen LogP contribution in [0, 0.1) is 0 Å². The van der Waals surface area contributed by atoms with Crippen LogP contribution in [0.1, 0.15) is 44.2 Å². The standard InChI is InChI=1S/C20H25NO/c1-4-19(18-13-9-6-10-14-18)20(22)21(16(2)3)15-17-11-7-5-8-12-17/h5-14,16,19H,4,15H2,1-3H3/t19-/m0/s1. The Balaban J connectivity index is 2.21. The number of carbonyl (C=O) groups is 1. The molecule has 0 radical (unpaired) electrons. The Kier molecular flexibility index (Phi) is 5.76. The first-order chi connectivity index (χ1) is 10.6. The van der Waals surface area contributed by atoms with Gasteiger partial charge in [-0.25, -0.2) is 0 Å². The molecule has 116 valence electrons. The second-order valence-corrected chi connectivity index (χ2v) is 5.92. The fourth-order valence-electron chi connectivity index (χ4n) is 2.73. The average molecular weight is 295 g/mol. The zero-order chi connectivity index (χ0) is 15.9. The van der Waals surface area contributed by atoms with Gasteiger partial charge in [0, 0.05) is 12.6 Å². The zero-order valence-electron chi connectivity index (χ0n) is 13.7. The first-order valence-electron chi connectivity index (χ1n) is 8.02. The maximum atomic E-state index is 13.0. The quantitative estimate of drug-likeness (QED) is 0.761. The van der Waals surface area contributed by atoms with Gasteiger partial charge in [-0.2, -0.15) is 0 Å². The molecule has 0 aliphatic rings. The van der Waals surface area contributed by atoms with E-state index in [2.05, 4.69) is 32.9 Å². The molecule has 2 rings (SSSR count). The van der Waals surface area contributed by atoms with Crippen LogP contribution in [0.15, 0.2) is 60.7 Å². The van der Waals surface area contributed by atoms with Crippen LogP contribution in [0.25, 0.3) is 0 Å². The molecule has 22 heavy (non-hydrogen) atoms. The number of nitrogens with zero attached hydrogens (tertiary/aromatic N) is 1. The van der Waals surface area contributed by atoms with Gasteiger partial charge in [-0.05, 0) is 31.4 Å². The van der Waals surface area contributed by atoms with Crippen molar-refractivity contribution in [2.45, 2.75) is 45.7 Å². The molecule has 0 aliphatic carbocycles. The summed E-state index contributed by atoms with van der Waals surface area (Å²) in [7, 11) is 0. The molecule has 2 nitrogen and oxygen atoms in total. The lowest BCUT2D eigenvalue weighted by Gasteiger charge is -2.30. The third-order valence-electron chi connectivity index (χ3n) is 4.01. The van der Waals surface area contributed by atoms with Crippen molar-refractivity contribution >= 4 is 5.91 Å². The molecule has 0 N–H and O–H groups in total. The summed E-state index contributed by atoms with van der Waals surface area (Å²) >= 11 is 0. The fraction of sp³-hybridized carbons (Fsp3) is 0.350. The van der Waals surface area contributed by atoms with E-state index in [0.717, 1.165) is 12.0 Å². The minimum absolute atomic E-state index is 0.0627. The van der Waals surface area contributed by atoms with E-state index in [9.17, 15) is 4.79 Å². The maximum absolute atomic E-state index is 13.0. The van der Waals surface area contributed by atoms with Crippen molar-refractivity contribution < 1.29 is 4.79 Å². The highest BCUT2D eigenvalue weighted by atomic mass is 16.2. The van der Waals surface area contributed by atoms with Crippen molar-refractivity contribution in [1.29, 1.82) is 0 Å². The third kappa shape index (κ3) is 3.97. The van der Waals surface area contributed by atoms with E-state index >= 15 is 0 Å². The number of amides is 1. The average Bonchev–Trinajstić information content (AvgIpc) is 2.55. The molecule has 0 unspecified atom stereocenters. The van der Waals surface area contributed by atoms with Crippen molar-refractivity contribution in [2.75, 3.05) is 0 Å². The summed E-state index contributed by atoms with van der Waals surface area (Å²) in [4.78, 5) is 15.0. The van der Waals surface area contributed by atoms with E-state index in [-0.39, 0.29) is 17.9 Å². The van der Waals surface area contributed by atoms with Crippen molar-refractivity contribution in [3.05, 3.63) is 71.8 Å². The molecule has 0 aliphatic heterocycles. The summed E-state index contributed by atoms with van der Waals surface area (Å²) in [5.74, 6) is 0.153. The molecule has 2 aromatic rings. The topological polar surface area (TPSA) is 20.3 Å². The van der Waals surface area contributed by atoms with E-state index in [4.69, 9.17) is 0 Å². The highest BCUT2D eigenvalue weighted by Crippen LogP contribution is 2.24. The Labute approximate surface area is 133 Å². The minimum atomic E-state index is -0.0627. The van der Waals surface area contributed by atoms with Gasteiger partial charge in [0.1, 0.15) is 0 Å². The number of hydrogen-bond donors (Lipinski definition) is 0. The van der Waals surface area contributed by atoms with E-state index in [1.165, 1.54) is 5.56 Å². The summed E-state index contributed by atoms with van der Waals surface area (Å²) in [6.45, 7) is 6.91. The maximum Gasteiger partial charge on any atom is 0.230 e. The first kappa shape index (κ1) is 16.3. The van der Waals surface area contributed by atoms with Crippen LogP contribution in [0.4, 0.5) is 0 Å². The number of hydrogen-bond acceptors (Lipinski definition) is 1. The van der Waals surface area contributed by atoms with Crippen LogP contribution >= 0.6 is 0 Å². The predicted octanol–water partition coefficient (Wildman–Crippen LogP) is 4.62. The Hall–Kier alpha value is -2.09. The van der Waals surface area contributed by atoms with Gasteiger partial charge in [-0.1, -0.05) is 67.6 Å². The van der Waals surface area contributed by atoms with Gasteiger partial charge in [0.25, 0.3) is 0 Å². The molecule has 0 aromatic heterocycles. The van der Waals surface area contributed by atoms with E-state index < -0.39 is 0 Å². The lowest BCUT2D eigenvalue weighted by Crippen LogP contribution is -2.39. The molecule has 0 saturated carbocycles. The summed E-state index contributed by atoms with van der Waals surface area (Å²) in [6, 6.07) is 20.5. The summed E-state index contributed by atoms with van der Waals surface area (Å²) < 4.78 is 0. The van der Waals surface area contributed by atoms with Gasteiger partial charge in [-0.15, -0.1) is 0 Å². The van der Waals surface area contributed by atoms with Gasteiger partial charge in [0.05, 0.1) is 5.92 Å². The van der Waals surface area contributed by atoms with E-state index in [1.54, 1.807) is 0 Å². The number of carbonyl (C=O) groups excluding carboxylic acids is 1. The smallest absolute Gasteiger partial charge is 0.230 e. The lowest BCUT2D eigenvalue weighted by atomic mass is 9.94. The van der Waals surface area contributed by atoms with Crippen LogP contribution in [-0.2, 0) is 11.3 Å². The number of benzene rings is 2. The molecular formula is C20H25NO. The van der Waals surface area contributed by atoms with E-state index in [1.807, 2.05) is 53.4 Å². The van der Waals surface area contributed by atoms with E-state index in [0.29, 0.717) is 6.54 Å². The molecule has 0 saturated heterocycles. The Morgan fingerprint density at radius 2 is 1.50 bits per heavy atom. The molecule has 0 spiro atoms. The third-order valence-corrected chi connectivity index (χ3v) is 4.01. The predicted molar refractivity (Wildman–Crippen MR) is 91.6 cm³/mol. The van der Waals surface area contributed by atoms with Gasteiger partial charge < -0.3 is 4.90 Å². The molecule has 1 atom stereocenters. The van der Waals surface area contributed by atoms with Crippen LogP contribution in [0.2, 0.25) is 0 Å². The summed E-state index contributed by atoms with van der Waals surface area (Å²) in [5, 5.41) is 0. The van der Waals surface area contributed by atoms with Gasteiger partial charge in [0.2, 0.25) is 5.91 Å². The summed E-state index contributed by atoms with van der Waals surface area (Å²) in [6.07, 6.45) is 0.820. The molecule has 2 heteroatoms. The normalized spacial score (nSPS) is 12.2. The lowest BCUT2D eigenvalue weighted by molar-refractivity contribution is -0.135. The van der Waals surface area contributed by atoms with Crippen molar-refractivity contribution in [2.24, 2.45) is 0 Å². The SMILES string of the molecule is CC[C@H](C(=O)N(Cc1ccccc1)C(C)C)c1ccccc1. The molecule has 2 aromatic carbocycles. The highest BCUT2D eigenvalue weighted by molar-refractivity contribution is 5.84. The fourth-order valence-corrected chi connectivity index (χ4v) is 2.73. The first-order valence-corrected chi connectivity index (χ1v) is 8.02. The Morgan fingerprint density at radius 3 is 2.00 bits per heavy atom. The highest BCUT2D eigenvalue weighted by Gasteiger charge is 2.26. The van der Waals surface area contributed by atoms with Crippen LogP contribution in [-0.4, -0.2) is 16.8 Å². The van der Waals surface area contributed by atoms with Crippen LogP contribution < -0.4 is 0 Å². The van der Waals surface area contributed by atoms with Crippen molar-refractivity contribution in [1.82, 2.24) is 4.90 Å². The molecular weight excluding hydrogens is 270 g/mol. The van der Waals surface area contributed by atoms with Crippen molar-refractivity contribution in [3.8, 4) is 0 Å². The van der Waals surface area contributed by atoms with Crippen molar-refractivity contribution in [3.63, 3.8) is 0 Å². The molecule has 0 bridgehead atoms. The minimum Gasteiger partial charge on any atom is -0.335 e. The molecule has 0 heterocycles. The largest absolute Gasteiger partial charge is 0.335 e. The zero-order valence-corrected chi connectivity index (χ0v) is 13.7. The van der Waals surface area contributed by atoms with Crippen LogP contribution in [0.5, 0.6) is 0 Å².